The van der Waals surface area contributed by atoms with Gasteiger partial charge in [-0.3, -0.25) is 9.69 Å². The largest absolute Gasteiger partial charge is 0.508 e. The Balaban J connectivity index is 0.00000364. The molecule has 1 fully saturated rings. The zero-order valence-electron chi connectivity index (χ0n) is 15.9. The number of halogens is 1. The molecule has 1 amide bonds. The summed E-state index contributed by atoms with van der Waals surface area (Å²) in [5, 5.41) is 16.6. The van der Waals surface area contributed by atoms with Crippen LogP contribution >= 0.6 is 24.0 Å². The Morgan fingerprint density at radius 1 is 1.41 bits per heavy atom. The quantitative estimate of drug-likeness (QED) is 0.258. The van der Waals surface area contributed by atoms with E-state index < -0.39 is 0 Å². The molecule has 1 aliphatic rings. The van der Waals surface area contributed by atoms with Gasteiger partial charge in [0.25, 0.3) is 0 Å². The molecule has 0 saturated carbocycles. The van der Waals surface area contributed by atoms with Crippen molar-refractivity contribution in [3.05, 3.63) is 23.8 Å². The Morgan fingerprint density at radius 2 is 2.11 bits per heavy atom. The fourth-order valence-electron chi connectivity index (χ4n) is 2.95. The van der Waals surface area contributed by atoms with Crippen LogP contribution in [0.1, 0.15) is 25.3 Å². The smallest absolute Gasteiger partial charge is 0.231 e. The molecule has 27 heavy (non-hydrogen) atoms. The van der Waals surface area contributed by atoms with Gasteiger partial charge in [0.1, 0.15) is 11.5 Å². The maximum Gasteiger partial charge on any atom is 0.231 e. The second-order valence-electron chi connectivity index (χ2n) is 6.35. The molecule has 8 nitrogen and oxygen atoms in total. The first-order chi connectivity index (χ1) is 12.5. The highest BCUT2D eigenvalue weighted by molar-refractivity contribution is 14.0. The Morgan fingerprint density at radius 3 is 2.70 bits per heavy atom. The Kier molecular flexibility index (Phi) is 10.2. The van der Waals surface area contributed by atoms with E-state index in [-0.39, 0.29) is 41.7 Å². The first kappa shape index (κ1) is 23.3. The van der Waals surface area contributed by atoms with E-state index in [0.29, 0.717) is 30.4 Å². The van der Waals surface area contributed by atoms with Crippen LogP contribution in [-0.2, 0) is 11.3 Å². The lowest BCUT2D eigenvalue weighted by Crippen LogP contribution is -2.49. The van der Waals surface area contributed by atoms with Gasteiger partial charge in [-0.1, -0.05) is 0 Å². The minimum absolute atomic E-state index is 0. The average molecular weight is 491 g/mol. The second kappa shape index (κ2) is 11.9. The number of rotatable bonds is 7. The summed E-state index contributed by atoms with van der Waals surface area (Å²) in [6.45, 7) is 5.08. The molecular formula is C18H30IN5O3. The van der Waals surface area contributed by atoms with E-state index >= 15 is 0 Å². The molecule has 152 valence electrons. The third-order valence-electron chi connectivity index (χ3n) is 4.35. The van der Waals surface area contributed by atoms with E-state index in [1.165, 1.54) is 0 Å². The van der Waals surface area contributed by atoms with E-state index in [0.717, 1.165) is 32.5 Å². The van der Waals surface area contributed by atoms with Crippen LogP contribution in [-0.4, -0.2) is 61.2 Å². The highest BCUT2D eigenvalue weighted by Crippen LogP contribution is 2.23. The number of piperidine rings is 1. The molecule has 5 N–H and O–H groups in total. The minimum atomic E-state index is -0.288. The number of aromatic hydroxyl groups is 1. The summed E-state index contributed by atoms with van der Waals surface area (Å²) in [6, 6.07) is 5.39. The third kappa shape index (κ3) is 7.79. The molecule has 1 aromatic rings. The standard InChI is InChI=1S/C18H29N5O3.HI/c1-3-20-18(21-11-13-10-15(26-2)4-5-16(13)24)22-14-6-8-23(9-7-14)12-17(19)25;/h4-5,10,14,24H,3,6-9,11-12H2,1-2H3,(H2,19,25)(H2,20,21,22);1H. The second-order valence-corrected chi connectivity index (χ2v) is 6.35. The van der Waals surface area contributed by atoms with Gasteiger partial charge in [-0.15, -0.1) is 24.0 Å². The normalized spacial score (nSPS) is 15.7. The predicted molar refractivity (Wildman–Crippen MR) is 117 cm³/mol. The molecule has 9 heteroatoms. The van der Waals surface area contributed by atoms with Crippen LogP contribution in [0.4, 0.5) is 0 Å². The SMILES string of the molecule is CCNC(=NCc1cc(OC)ccc1O)NC1CCN(CC(N)=O)CC1.I. The molecule has 0 aromatic heterocycles. The number of nitrogens with zero attached hydrogens (tertiary/aromatic N) is 2. The number of hydrogen-bond donors (Lipinski definition) is 4. The first-order valence-corrected chi connectivity index (χ1v) is 8.93. The number of ether oxygens (including phenoxy) is 1. The highest BCUT2D eigenvalue weighted by atomic mass is 127. The molecule has 0 aliphatic carbocycles. The Labute approximate surface area is 177 Å². The molecule has 0 bridgehead atoms. The predicted octanol–water partition coefficient (Wildman–Crippen LogP) is 1.02. The number of methoxy groups -OCH3 is 1. The van der Waals surface area contributed by atoms with E-state index in [9.17, 15) is 9.90 Å². The van der Waals surface area contributed by atoms with E-state index in [2.05, 4.69) is 20.5 Å². The molecule has 1 aromatic carbocycles. The van der Waals surface area contributed by atoms with Crippen molar-refractivity contribution in [3.63, 3.8) is 0 Å². The number of amides is 1. The summed E-state index contributed by atoms with van der Waals surface area (Å²) >= 11 is 0. The van der Waals surface area contributed by atoms with Gasteiger partial charge in [0.15, 0.2) is 5.96 Å². The summed E-state index contributed by atoms with van der Waals surface area (Å²) < 4.78 is 5.19. The lowest BCUT2D eigenvalue weighted by Gasteiger charge is -2.32. The molecule has 1 heterocycles. The van der Waals surface area contributed by atoms with Gasteiger partial charge in [-0.2, -0.15) is 0 Å². The van der Waals surface area contributed by atoms with Crippen molar-refractivity contribution in [3.8, 4) is 11.5 Å². The van der Waals surface area contributed by atoms with E-state index in [4.69, 9.17) is 10.5 Å². The van der Waals surface area contributed by atoms with Crippen LogP contribution in [0.3, 0.4) is 0 Å². The number of primary amides is 1. The number of phenolic OH excluding ortho intramolecular Hbond substituents is 1. The zero-order valence-corrected chi connectivity index (χ0v) is 18.2. The van der Waals surface area contributed by atoms with Gasteiger partial charge in [0.2, 0.25) is 5.91 Å². The number of aliphatic imine (C=N–C) groups is 1. The fourth-order valence-corrected chi connectivity index (χ4v) is 2.95. The van der Waals surface area contributed by atoms with E-state index in [1.54, 1.807) is 25.3 Å². The summed E-state index contributed by atoms with van der Waals surface area (Å²) in [5.74, 6) is 1.31. The average Bonchev–Trinajstić information content (AvgIpc) is 2.62. The minimum Gasteiger partial charge on any atom is -0.508 e. The monoisotopic (exact) mass is 491 g/mol. The molecular weight excluding hydrogens is 461 g/mol. The molecule has 0 atom stereocenters. The maximum absolute atomic E-state index is 11.0. The number of carbonyl (C=O) groups excluding carboxylic acids is 1. The van der Waals surface area contributed by atoms with Crippen LogP contribution in [0.2, 0.25) is 0 Å². The molecule has 0 unspecified atom stereocenters. The number of guanidine groups is 1. The molecule has 1 aliphatic heterocycles. The lowest BCUT2D eigenvalue weighted by molar-refractivity contribution is -0.119. The van der Waals surface area contributed by atoms with Crippen molar-refractivity contribution in [2.75, 3.05) is 33.3 Å². The lowest BCUT2D eigenvalue weighted by atomic mass is 10.1. The maximum atomic E-state index is 11.0. The summed E-state index contributed by atoms with van der Waals surface area (Å²) in [5.41, 5.74) is 5.96. The number of nitrogens with one attached hydrogen (secondary N) is 2. The Bertz CT molecular complexity index is 633. The number of phenols is 1. The zero-order chi connectivity index (χ0) is 18.9. The fraction of sp³-hybridized carbons (Fsp3) is 0.556. The topological polar surface area (TPSA) is 112 Å². The van der Waals surface area contributed by atoms with Crippen molar-refractivity contribution in [1.29, 1.82) is 0 Å². The van der Waals surface area contributed by atoms with Crippen LogP contribution in [0.25, 0.3) is 0 Å². The van der Waals surface area contributed by atoms with Gasteiger partial charge in [-0.05, 0) is 38.0 Å². The summed E-state index contributed by atoms with van der Waals surface area (Å²) in [6.07, 6.45) is 1.84. The van der Waals surface area contributed by atoms with Crippen LogP contribution in [0.15, 0.2) is 23.2 Å². The molecule has 0 radical (unpaired) electrons. The number of nitrogens with two attached hydrogens (primary N) is 1. The van der Waals surface area contributed by atoms with Gasteiger partial charge < -0.3 is 26.2 Å². The van der Waals surface area contributed by atoms with Crippen molar-refractivity contribution in [1.82, 2.24) is 15.5 Å². The first-order valence-electron chi connectivity index (χ1n) is 8.93. The molecule has 2 rings (SSSR count). The summed E-state index contributed by atoms with van der Waals surface area (Å²) in [4.78, 5) is 17.7. The van der Waals surface area contributed by atoms with Crippen molar-refractivity contribution in [2.45, 2.75) is 32.4 Å². The van der Waals surface area contributed by atoms with Gasteiger partial charge in [0, 0.05) is 31.2 Å². The van der Waals surface area contributed by atoms with Crippen molar-refractivity contribution >= 4 is 35.8 Å². The number of likely N-dealkylation sites (tertiary alicyclic amines) is 1. The molecule has 0 spiro atoms. The third-order valence-corrected chi connectivity index (χ3v) is 4.35. The Hall–Kier alpha value is -1.75. The van der Waals surface area contributed by atoms with Gasteiger partial charge in [-0.25, -0.2) is 4.99 Å². The summed E-state index contributed by atoms with van der Waals surface area (Å²) in [7, 11) is 1.59. The van der Waals surface area contributed by atoms with Gasteiger partial charge in [0.05, 0.1) is 20.2 Å². The number of benzene rings is 1. The number of carbonyl (C=O) groups is 1. The van der Waals surface area contributed by atoms with Gasteiger partial charge >= 0.3 is 0 Å². The van der Waals surface area contributed by atoms with Crippen LogP contribution < -0.4 is 21.1 Å². The van der Waals surface area contributed by atoms with Crippen molar-refractivity contribution in [2.24, 2.45) is 10.7 Å². The highest BCUT2D eigenvalue weighted by Gasteiger charge is 2.20. The van der Waals surface area contributed by atoms with Crippen LogP contribution in [0.5, 0.6) is 11.5 Å². The van der Waals surface area contributed by atoms with Crippen molar-refractivity contribution < 1.29 is 14.6 Å². The van der Waals surface area contributed by atoms with Crippen LogP contribution in [0, 0.1) is 0 Å². The number of hydrogen-bond acceptors (Lipinski definition) is 5. The van der Waals surface area contributed by atoms with E-state index in [1.807, 2.05) is 6.92 Å². The molecule has 1 saturated heterocycles.